The lowest BCUT2D eigenvalue weighted by Crippen LogP contribution is -2.30. The molecule has 58 heavy (non-hydrogen) atoms. The Labute approximate surface area is 334 Å². The number of hydrogen-bond acceptors (Lipinski definition) is 0. The number of benzene rings is 8. The quantitative estimate of drug-likeness (QED) is 0.111. The Hall–Kier alpha value is -5.54. The van der Waals surface area contributed by atoms with Gasteiger partial charge in [-0.3, -0.25) is 0 Å². The highest BCUT2D eigenvalue weighted by Gasteiger charge is 2.35. The molecule has 8 aromatic carbocycles. The van der Waals surface area contributed by atoms with Crippen LogP contribution >= 0.6 is 13.8 Å². The second kappa shape index (κ2) is 14.7. The maximum Gasteiger partial charge on any atom is 0.416 e. The van der Waals surface area contributed by atoms with Gasteiger partial charge in [0.1, 0.15) is 0 Å². The first-order valence-corrected chi connectivity index (χ1v) is 22.6. The van der Waals surface area contributed by atoms with Crippen molar-refractivity contribution in [3.8, 4) is 11.1 Å². The van der Waals surface area contributed by atoms with Crippen LogP contribution in [0, 0.1) is 13.8 Å². The molecule has 0 aliphatic rings. The molecular weight excluding hydrogens is 776 g/mol. The molecule has 0 saturated carbocycles. The molecule has 0 radical (unpaired) electrons. The lowest BCUT2D eigenvalue weighted by Gasteiger charge is -2.34. The molecule has 0 unspecified atom stereocenters. The molecule has 0 fully saturated rings. The lowest BCUT2D eigenvalue weighted by atomic mass is 9.93. The summed E-state index contributed by atoms with van der Waals surface area (Å²) in [4.78, 5) is 0. The molecule has 8 rings (SSSR count). The third-order valence-electron chi connectivity index (χ3n) is 11.1. The average molecular weight is 815 g/mol. The summed E-state index contributed by atoms with van der Waals surface area (Å²) in [5.74, 6) is 0. The largest absolute Gasteiger partial charge is 0.416 e. The zero-order valence-electron chi connectivity index (χ0n) is 31.7. The van der Waals surface area contributed by atoms with Crippen molar-refractivity contribution in [3.63, 3.8) is 0 Å². The van der Waals surface area contributed by atoms with E-state index in [1.807, 2.05) is 68.4 Å². The maximum absolute atomic E-state index is 14.0. The first-order chi connectivity index (χ1) is 27.6. The van der Waals surface area contributed by atoms with Gasteiger partial charge in [0, 0.05) is 0 Å². The van der Waals surface area contributed by atoms with E-state index in [4.69, 9.17) is 12.6 Å². The van der Waals surface area contributed by atoms with Gasteiger partial charge in [0.15, 0.2) is 0 Å². The van der Waals surface area contributed by atoms with Crippen molar-refractivity contribution >= 4 is 79.7 Å². The fourth-order valence-electron chi connectivity index (χ4n) is 7.94. The first-order valence-electron chi connectivity index (χ1n) is 18.6. The van der Waals surface area contributed by atoms with Gasteiger partial charge >= 0.3 is 12.4 Å². The fraction of sp³-hybridized carbons (Fsp3) is 0.0800. The Kier molecular flexibility index (Phi) is 9.95. The number of hydrogen-bond donors (Lipinski definition) is 0. The van der Waals surface area contributed by atoms with Gasteiger partial charge in [-0.15, -0.1) is 0 Å². The standard InChI is InChI=1S/C50H38F6P2/c1-33-13-23-39(24-14-33)57(3,40-25-15-34(2)16-26-40)45-31-17-35-9-5-7-11-43(35)47(45)48-44-12-8-6-10-36(44)18-32-46(48)58(4,41-27-19-37(20-28-41)49(51,52)53)42-29-21-38(22-30-42)50(54,55)56/h5-32H,3-4H2,1-2H3. The van der Waals surface area contributed by atoms with Crippen LogP contribution in [0.5, 0.6) is 0 Å². The monoisotopic (exact) mass is 814 g/mol. The number of alkyl halides is 6. The molecule has 0 nitrogen and oxygen atoms in total. The maximum atomic E-state index is 14.0. The lowest BCUT2D eigenvalue weighted by molar-refractivity contribution is -0.138. The third kappa shape index (κ3) is 6.83. The molecule has 0 saturated heterocycles. The van der Waals surface area contributed by atoms with E-state index in [1.54, 1.807) is 0 Å². The highest BCUT2D eigenvalue weighted by atomic mass is 31.2. The Morgan fingerprint density at radius 1 is 0.362 bits per heavy atom. The van der Waals surface area contributed by atoms with E-state index in [9.17, 15) is 26.3 Å². The molecule has 0 aliphatic heterocycles. The van der Waals surface area contributed by atoms with Crippen molar-refractivity contribution in [1.82, 2.24) is 0 Å². The van der Waals surface area contributed by atoms with Crippen LogP contribution < -0.4 is 31.8 Å². The number of fused-ring (bicyclic) bond motifs is 2. The van der Waals surface area contributed by atoms with Gasteiger partial charge in [0.2, 0.25) is 0 Å². The fourth-order valence-corrected chi connectivity index (χ4v) is 14.2. The molecular formula is C50H38F6P2. The summed E-state index contributed by atoms with van der Waals surface area (Å²) in [6.07, 6.45) is 0.906. The van der Waals surface area contributed by atoms with Gasteiger partial charge in [0.05, 0.1) is 11.1 Å². The van der Waals surface area contributed by atoms with E-state index in [0.717, 1.165) is 89.3 Å². The van der Waals surface area contributed by atoms with Crippen LogP contribution in [0.4, 0.5) is 26.3 Å². The summed E-state index contributed by atoms with van der Waals surface area (Å²) in [5, 5.41) is 8.52. The van der Waals surface area contributed by atoms with Crippen LogP contribution in [-0.4, -0.2) is 12.6 Å². The molecule has 0 spiro atoms. The van der Waals surface area contributed by atoms with E-state index in [2.05, 4.69) is 66.7 Å². The van der Waals surface area contributed by atoms with E-state index < -0.39 is 37.3 Å². The second-order valence-electron chi connectivity index (χ2n) is 14.7. The molecule has 0 aromatic heterocycles. The van der Waals surface area contributed by atoms with Crippen LogP contribution in [0.15, 0.2) is 170 Å². The SMILES string of the molecule is C=P(c1ccc(C)cc1)(c1ccc(C)cc1)c1ccc2ccccc2c1-c1c(P(=C)(c2ccc(C(F)(F)F)cc2)c2ccc(C(F)(F)F)cc2)ccc2ccccc12. The third-order valence-corrected chi connectivity index (χ3v) is 18.2. The normalized spacial score (nSPS) is 12.6. The van der Waals surface area contributed by atoms with Crippen molar-refractivity contribution < 1.29 is 26.3 Å². The van der Waals surface area contributed by atoms with E-state index >= 15 is 0 Å². The Morgan fingerprint density at radius 2 is 0.655 bits per heavy atom. The van der Waals surface area contributed by atoms with Crippen LogP contribution in [-0.2, 0) is 12.4 Å². The summed E-state index contributed by atoms with van der Waals surface area (Å²) < 4.78 is 83.9. The van der Waals surface area contributed by atoms with Gasteiger partial charge in [-0.25, -0.2) is 0 Å². The topological polar surface area (TPSA) is 0 Å². The van der Waals surface area contributed by atoms with E-state index in [-0.39, 0.29) is 0 Å². The van der Waals surface area contributed by atoms with Crippen LogP contribution in [0.3, 0.4) is 0 Å². The van der Waals surface area contributed by atoms with Crippen molar-refractivity contribution in [2.45, 2.75) is 26.2 Å². The highest BCUT2D eigenvalue weighted by Crippen LogP contribution is 2.52. The number of halogens is 6. The molecule has 0 bridgehead atoms. The summed E-state index contributed by atoms with van der Waals surface area (Å²) in [6, 6.07) is 51.0. The average Bonchev–Trinajstić information content (AvgIpc) is 3.22. The molecule has 0 atom stereocenters. The minimum absolute atomic E-state index is 0.492. The van der Waals surface area contributed by atoms with Crippen LogP contribution in [0.2, 0.25) is 0 Å². The minimum Gasteiger partial charge on any atom is -0.166 e. The van der Waals surface area contributed by atoms with Crippen molar-refractivity contribution in [1.29, 1.82) is 0 Å². The van der Waals surface area contributed by atoms with Gasteiger partial charge in [-0.2, -0.15) is 26.3 Å². The molecule has 8 aromatic rings. The van der Waals surface area contributed by atoms with Crippen molar-refractivity contribution in [3.05, 3.63) is 192 Å². The van der Waals surface area contributed by atoms with Gasteiger partial charge in [0.25, 0.3) is 0 Å². The first kappa shape index (κ1) is 39.3. The summed E-state index contributed by atoms with van der Waals surface area (Å²) in [7, 11) is 0. The molecule has 8 heteroatoms. The summed E-state index contributed by atoms with van der Waals surface area (Å²) in [5.41, 5.74) is 2.28. The van der Waals surface area contributed by atoms with Gasteiger partial charge in [-0.1, -0.05) is 169 Å². The van der Waals surface area contributed by atoms with Crippen LogP contribution in [0.25, 0.3) is 32.7 Å². The Balaban J connectivity index is 1.55. The van der Waals surface area contributed by atoms with Crippen LogP contribution in [0.1, 0.15) is 22.3 Å². The number of rotatable bonds is 7. The number of aryl methyl sites for hydroxylation is 2. The molecule has 0 amide bonds. The van der Waals surface area contributed by atoms with Crippen molar-refractivity contribution in [2.24, 2.45) is 0 Å². The predicted octanol–water partition coefficient (Wildman–Crippen LogP) is 11.8. The molecule has 0 heterocycles. The zero-order chi connectivity index (χ0) is 41.0. The Morgan fingerprint density at radius 3 is 0.966 bits per heavy atom. The van der Waals surface area contributed by atoms with E-state index in [1.165, 1.54) is 24.3 Å². The highest BCUT2D eigenvalue weighted by molar-refractivity contribution is 7.94. The van der Waals surface area contributed by atoms with E-state index in [0.29, 0.717) is 10.6 Å². The smallest absolute Gasteiger partial charge is 0.166 e. The van der Waals surface area contributed by atoms with Crippen molar-refractivity contribution in [2.75, 3.05) is 0 Å². The molecule has 0 aliphatic carbocycles. The second-order valence-corrected chi connectivity index (χ2v) is 21.0. The zero-order valence-corrected chi connectivity index (χ0v) is 33.5. The summed E-state index contributed by atoms with van der Waals surface area (Å²) >= 11 is 0. The molecule has 290 valence electrons. The van der Waals surface area contributed by atoms with Gasteiger partial charge in [-0.05, 0) is 116 Å². The minimum atomic E-state index is -4.59. The predicted molar refractivity (Wildman–Crippen MR) is 238 cm³/mol. The summed E-state index contributed by atoms with van der Waals surface area (Å²) in [6.45, 7) is -1.92. The Bertz CT molecular complexity index is 2790. The molecule has 0 N–H and O–H groups in total. The van der Waals surface area contributed by atoms with Gasteiger partial charge < -0.3 is 0 Å².